The summed E-state index contributed by atoms with van der Waals surface area (Å²) in [4.78, 5) is 29.2. The number of sulfonamides is 1. The van der Waals surface area contributed by atoms with Crippen molar-refractivity contribution in [2.75, 3.05) is 51.7 Å². The van der Waals surface area contributed by atoms with Crippen molar-refractivity contribution in [1.82, 2.24) is 14.1 Å². The standard InChI is InChI=1S/C22H28N4O5S2/c1-31-18-8-3-2-7-17(18)21(27)24-11-6-12-25(16-15-24)22(28)23-19-9-10-20(32-19)33(29,30)26-13-4-5-14-26/h2-3,7-10H,4-6,11-16H2,1H3,(H,23,28). The van der Waals surface area contributed by atoms with Crippen molar-refractivity contribution in [3.63, 3.8) is 0 Å². The van der Waals surface area contributed by atoms with E-state index in [9.17, 15) is 18.0 Å². The van der Waals surface area contributed by atoms with Gasteiger partial charge in [-0.25, -0.2) is 13.2 Å². The number of nitrogens with zero attached hydrogens (tertiary/aromatic N) is 3. The summed E-state index contributed by atoms with van der Waals surface area (Å²) in [6.07, 6.45) is 2.40. The number of benzene rings is 1. The summed E-state index contributed by atoms with van der Waals surface area (Å²) in [5.74, 6) is 0.406. The van der Waals surface area contributed by atoms with Gasteiger partial charge >= 0.3 is 6.03 Å². The number of hydrogen-bond donors (Lipinski definition) is 1. The summed E-state index contributed by atoms with van der Waals surface area (Å²) in [7, 11) is -1.97. The van der Waals surface area contributed by atoms with Gasteiger partial charge in [0.1, 0.15) is 9.96 Å². The van der Waals surface area contributed by atoms with E-state index in [2.05, 4.69) is 5.32 Å². The quantitative estimate of drug-likeness (QED) is 0.692. The van der Waals surface area contributed by atoms with Gasteiger partial charge in [-0.05, 0) is 43.5 Å². The van der Waals surface area contributed by atoms with E-state index in [1.807, 2.05) is 6.07 Å². The molecule has 0 unspecified atom stereocenters. The molecule has 2 fully saturated rings. The van der Waals surface area contributed by atoms with Crippen LogP contribution in [0.4, 0.5) is 9.80 Å². The molecule has 178 valence electrons. The molecule has 2 aliphatic rings. The van der Waals surface area contributed by atoms with Crippen LogP contribution in [0.3, 0.4) is 0 Å². The van der Waals surface area contributed by atoms with Crippen LogP contribution >= 0.6 is 11.3 Å². The van der Waals surface area contributed by atoms with Crippen molar-refractivity contribution in [3.8, 4) is 5.75 Å². The van der Waals surface area contributed by atoms with Crippen molar-refractivity contribution < 1.29 is 22.7 Å². The first kappa shape index (κ1) is 23.5. The number of ether oxygens (including phenoxy) is 1. The molecule has 1 aromatic carbocycles. The molecule has 2 aromatic rings. The van der Waals surface area contributed by atoms with Gasteiger partial charge in [-0.1, -0.05) is 12.1 Å². The largest absolute Gasteiger partial charge is 0.496 e. The van der Waals surface area contributed by atoms with Crippen LogP contribution < -0.4 is 10.1 Å². The lowest BCUT2D eigenvalue weighted by Gasteiger charge is -2.23. The van der Waals surface area contributed by atoms with E-state index in [1.165, 1.54) is 11.4 Å². The number of urea groups is 1. The maximum Gasteiger partial charge on any atom is 0.322 e. The van der Waals surface area contributed by atoms with Crippen LogP contribution in [0.15, 0.2) is 40.6 Å². The van der Waals surface area contributed by atoms with Gasteiger partial charge in [0.15, 0.2) is 0 Å². The number of para-hydroxylation sites is 1. The van der Waals surface area contributed by atoms with Gasteiger partial charge in [-0.15, -0.1) is 11.3 Å². The Bertz CT molecular complexity index is 1110. The van der Waals surface area contributed by atoms with Gasteiger partial charge < -0.3 is 14.5 Å². The minimum absolute atomic E-state index is 0.121. The number of methoxy groups -OCH3 is 1. The molecule has 11 heteroatoms. The molecule has 0 saturated carbocycles. The zero-order valence-electron chi connectivity index (χ0n) is 18.5. The molecule has 3 amide bonds. The third-order valence-corrected chi connectivity index (χ3v) is 9.25. The summed E-state index contributed by atoms with van der Waals surface area (Å²) in [6.45, 7) is 2.92. The van der Waals surface area contributed by atoms with Crippen molar-refractivity contribution >= 4 is 38.3 Å². The molecule has 2 aliphatic heterocycles. The first-order valence-electron chi connectivity index (χ1n) is 11.0. The number of nitrogens with one attached hydrogen (secondary N) is 1. The molecule has 1 aromatic heterocycles. The molecule has 0 bridgehead atoms. The number of rotatable bonds is 5. The van der Waals surface area contributed by atoms with E-state index in [0.29, 0.717) is 62.0 Å². The first-order chi connectivity index (χ1) is 15.9. The van der Waals surface area contributed by atoms with Crippen molar-refractivity contribution in [2.45, 2.75) is 23.5 Å². The normalized spacial score (nSPS) is 17.6. The first-order valence-corrected chi connectivity index (χ1v) is 13.2. The second-order valence-electron chi connectivity index (χ2n) is 7.99. The van der Waals surface area contributed by atoms with E-state index >= 15 is 0 Å². The highest BCUT2D eigenvalue weighted by atomic mass is 32.2. The zero-order valence-corrected chi connectivity index (χ0v) is 20.2. The highest BCUT2D eigenvalue weighted by Crippen LogP contribution is 2.30. The fourth-order valence-corrected chi connectivity index (χ4v) is 6.95. The number of carbonyl (C=O) groups is 2. The molecule has 2 saturated heterocycles. The van der Waals surface area contributed by atoms with Gasteiger partial charge in [-0.3, -0.25) is 10.1 Å². The highest BCUT2D eigenvalue weighted by molar-refractivity contribution is 7.91. The van der Waals surface area contributed by atoms with Crippen LogP contribution in [0.1, 0.15) is 29.6 Å². The Morgan fingerprint density at radius 1 is 0.909 bits per heavy atom. The molecule has 1 N–H and O–H groups in total. The second-order valence-corrected chi connectivity index (χ2v) is 11.2. The van der Waals surface area contributed by atoms with Crippen LogP contribution in [0.5, 0.6) is 5.75 Å². The Kier molecular flexibility index (Phi) is 7.20. The van der Waals surface area contributed by atoms with E-state index in [4.69, 9.17) is 4.74 Å². The molecule has 0 atom stereocenters. The second kappa shape index (κ2) is 10.1. The van der Waals surface area contributed by atoms with Crippen molar-refractivity contribution in [1.29, 1.82) is 0 Å². The molecule has 0 radical (unpaired) electrons. The molecule has 0 spiro atoms. The molecule has 33 heavy (non-hydrogen) atoms. The fraction of sp³-hybridized carbons (Fsp3) is 0.455. The summed E-state index contributed by atoms with van der Waals surface area (Å²) in [5, 5.41) is 3.31. The van der Waals surface area contributed by atoms with Crippen LogP contribution in [0.2, 0.25) is 0 Å². The number of hydrogen-bond acceptors (Lipinski definition) is 6. The van der Waals surface area contributed by atoms with Crippen LogP contribution in [0.25, 0.3) is 0 Å². The number of anilines is 1. The van der Waals surface area contributed by atoms with Gasteiger partial charge in [0, 0.05) is 39.3 Å². The van der Waals surface area contributed by atoms with Crippen LogP contribution in [-0.2, 0) is 10.0 Å². The van der Waals surface area contributed by atoms with Crippen molar-refractivity contribution in [3.05, 3.63) is 42.0 Å². The number of amides is 3. The molecule has 9 nitrogen and oxygen atoms in total. The predicted octanol–water partition coefficient (Wildman–Crippen LogP) is 2.92. The lowest BCUT2D eigenvalue weighted by Crippen LogP contribution is -2.39. The monoisotopic (exact) mass is 492 g/mol. The number of carbonyl (C=O) groups excluding carboxylic acids is 2. The Balaban J connectivity index is 1.36. The van der Waals surface area contributed by atoms with Gasteiger partial charge in [-0.2, -0.15) is 4.31 Å². The fourth-order valence-electron chi connectivity index (χ4n) is 4.08. The Morgan fingerprint density at radius 3 is 2.36 bits per heavy atom. The molecular weight excluding hydrogens is 464 g/mol. The summed E-state index contributed by atoms with van der Waals surface area (Å²) in [5.41, 5.74) is 0.503. The van der Waals surface area contributed by atoms with Crippen molar-refractivity contribution in [2.24, 2.45) is 0 Å². The molecule has 0 aliphatic carbocycles. The van der Waals surface area contributed by atoms with Gasteiger partial charge in [0.05, 0.1) is 17.7 Å². The van der Waals surface area contributed by atoms with E-state index in [0.717, 1.165) is 24.2 Å². The maximum atomic E-state index is 13.0. The minimum atomic E-state index is -3.50. The smallest absolute Gasteiger partial charge is 0.322 e. The highest BCUT2D eigenvalue weighted by Gasteiger charge is 2.29. The van der Waals surface area contributed by atoms with E-state index < -0.39 is 10.0 Å². The average Bonchev–Trinajstić information content (AvgIpc) is 3.47. The molecule has 4 rings (SSSR count). The zero-order chi connectivity index (χ0) is 23.4. The Morgan fingerprint density at radius 2 is 1.61 bits per heavy atom. The third-order valence-electron chi connectivity index (χ3n) is 5.88. The average molecular weight is 493 g/mol. The maximum absolute atomic E-state index is 13.0. The van der Waals surface area contributed by atoms with Gasteiger partial charge in [0.2, 0.25) is 0 Å². The lowest BCUT2D eigenvalue weighted by atomic mass is 10.1. The van der Waals surface area contributed by atoms with E-state index in [1.54, 1.807) is 40.1 Å². The Hall–Kier alpha value is -2.63. The molecular formula is C22H28N4O5S2. The van der Waals surface area contributed by atoms with Crippen LogP contribution in [0, 0.1) is 0 Å². The van der Waals surface area contributed by atoms with Crippen LogP contribution in [-0.4, -0.2) is 80.8 Å². The predicted molar refractivity (Wildman–Crippen MR) is 126 cm³/mol. The Labute approximate surface area is 198 Å². The lowest BCUT2D eigenvalue weighted by molar-refractivity contribution is 0.0759. The minimum Gasteiger partial charge on any atom is -0.496 e. The summed E-state index contributed by atoms with van der Waals surface area (Å²) < 4.78 is 32.5. The molecule has 3 heterocycles. The summed E-state index contributed by atoms with van der Waals surface area (Å²) in [6, 6.07) is 9.98. The summed E-state index contributed by atoms with van der Waals surface area (Å²) >= 11 is 1.06. The SMILES string of the molecule is COc1ccccc1C(=O)N1CCCN(C(=O)Nc2ccc(S(=O)(=O)N3CCCC3)s2)CC1. The number of thiophene rings is 1. The van der Waals surface area contributed by atoms with Gasteiger partial charge in [0.25, 0.3) is 15.9 Å². The topological polar surface area (TPSA) is 99.3 Å². The van der Waals surface area contributed by atoms with E-state index in [-0.39, 0.29) is 16.1 Å². The third kappa shape index (κ3) is 5.15.